The molecule has 35 heavy (non-hydrogen) atoms. The first-order valence-electron chi connectivity index (χ1n) is 11.5. The number of nitrogens with zero attached hydrogens (tertiary/aromatic N) is 3. The maximum absolute atomic E-state index is 13.5. The summed E-state index contributed by atoms with van der Waals surface area (Å²) in [5, 5.41) is 4.95. The Bertz CT molecular complexity index is 1440. The summed E-state index contributed by atoms with van der Waals surface area (Å²) in [5.41, 5.74) is 4.62. The van der Waals surface area contributed by atoms with E-state index in [0.717, 1.165) is 22.5 Å². The lowest BCUT2D eigenvalue weighted by atomic mass is 9.95. The molecule has 1 unspecified atom stereocenters. The maximum Gasteiger partial charge on any atom is 0.256 e. The third-order valence-electron chi connectivity index (χ3n) is 6.60. The van der Waals surface area contributed by atoms with E-state index in [1.165, 1.54) is 11.7 Å². The third kappa shape index (κ3) is 4.29. The fraction of sp³-hybridized carbons (Fsp3) is 0.346. The third-order valence-corrected chi connectivity index (χ3v) is 6.60. The molecule has 0 saturated heterocycles. The number of likely N-dealkylation sites (N-methyl/N-ethyl adjacent to an activating group) is 1. The van der Waals surface area contributed by atoms with Gasteiger partial charge in [0, 0.05) is 38.0 Å². The number of carbonyl (C=O) groups excluding carboxylic acids is 1. The van der Waals surface area contributed by atoms with Gasteiger partial charge in [-0.2, -0.15) is 0 Å². The molecular weight excluding hydrogens is 446 g/mol. The van der Waals surface area contributed by atoms with E-state index in [1.807, 2.05) is 48.8 Å². The Hall–Kier alpha value is -4.01. The Kier molecular flexibility index (Phi) is 6.43. The van der Waals surface area contributed by atoms with Gasteiger partial charge in [0.15, 0.2) is 0 Å². The van der Waals surface area contributed by atoms with E-state index in [4.69, 9.17) is 4.74 Å². The van der Waals surface area contributed by atoms with Crippen LogP contribution in [0.15, 0.2) is 40.1 Å². The Morgan fingerprint density at radius 2 is 1.97 bits per heavy atom. The van der Waals surface area contributed by atoms with Crippen molar-refractivity contribution in [1.82, 2.24) is 19.5 Å². The Balaban J connectivity index is 1.75. The fourth-order valence-corrected chi connectivity index (χ4v) is 4.71. The number of aromatic amines is 1. The number of H-pyrrole nitrogens is 1. The zero-order valence-electron chi connectivity index (χ0n) is 20.9. The minimum absolute atomic E-state index is 0.0286. The van der Waals surface area contributed by atoms with Gasteiger partial charge in [-0.3, -0.25) is 19.1 Å². The van der Waals surface area contributed by atoms with Gasteiger partial charge in [0.1, 0.15) is 5.75 Å². The topological polar surface area (TPSA) is 101 Å². The lowest BCUT2D eigenvalue weighted by molar-refractivity contribution is 0.0949. The zero-order chi connectivity index (χ0) is 25.4. The molecule has 0 spiro atoms. The van der Waals surface area contributed by atoms with Crippen molar-refractivity contribution < 1.29 is 9.53 Å². The summed E-state index contributed by atoms with van der Waals surface area (Å²) < 4.78 is 8.94. The van der Waals surface area contributed by atoms with Crippen LogP contribution in [0.4, 0.5) is 0 Å². The number of nitrogens with one attached hydrogen (secondary N) is 2. The smallest absolute Gasteiger partial charge is 0.256 e. The van der Waals surface area contributed by atoms with Crippen LogP contribution < -0.4 is 26.2 Å². The summed E-state index contributed by atoms with van der Waals surface area (Å²) in [6.45, 7) is 6.45. The van der Waals surface area contributed by atoms with E-state index >= 15 is 0 Å². The van der Waals surface area contributed by atoms with Gasteiger partial charge in [0.2, 0.25) is 0 Å². The van der Waals surface area contributed by atoms with Gasteiger partial charge in [-0.25, -0.2) is 0 Å². The molecule has 0 fully saturated rings. The van der Waals surface area contributed by atoms with Crippen molar-refractivity contribution in [3.8, 4) is 5.75 Å². The van der Waals surface area contributed by atoms with Crippen molar-refractivity contribution in [3.05, 3.63) is 90.5 Å². The minimum Gasteiger partial charge on any atom is -0.496 e. The molecule has 1 amide bonds. The second kappa shape index (κ2) is 9.32. The van der Waals surface area contributed by atoms with Crippen LogP contribution >= 0.6 is 0 Å². The number of carbonyl (C=O) groups is 1. The molecule has 1 aliphatic rings. The number of methoxy groups -OCH3 is 1. The average molecular weight is 478 g/mol. The van der Waals surface area contributed by atoms with Crippen molar-refractivity contribution in [2.45, 2.75) is 33.2 Å². The molecule has 0 radical (unpaired) electrons. The highest BCUT2D eigenvalue weighted by molar-refractivity contribution is 5.99. The minimum atomic E-state index is -0.294. The molecule has 2 N–H and O–H groups in total. The van der Waals surface area contributed by atoms with Crippen LogP contribution in [-0.4, -0.2) is 40.8 Å². The van der Waals surface area contributed by atoms with Crippen molar-refractivity contribution in [1.29, 1.82) is 0 Å². The molecule has 0 saturated carbocycles. The normalized spacial score (nSPS) is 13.5. The Morgan fingerprint density at radius 3 is 2.66 bits per heavy atom. The van der Waals surface area contributed by atoms with Gasteiger partial charge in [-0.05, 0) is 43.2 Å². The van der Waals surface area contributed by atoms with Crippen molar-refractivity contribution in [2.75, 3.05) is 25.7 Å². The molecule has 9 heteroatoms. The first-order valence-corrected chi connectivity index (χ1v) is 11.5. The summed E-state index contributed by atoms with van der Waals surface area (Å²) >= 11 is 0. The molecule has 0 bridgehead atoms. The van der Waals surface area contributed by atoms with Crippen molar-refractivity contribution in [3.63, 3.8) is 0 Å². The van der Waals surface area contributed by atoms with Gasteiger partial charge in [-0.1, -0.05) is 13.0 Å². The number of rotatable bonds is 6. The molecule has 184 valence electrons. The summed E-state index contributed by atoms with van der Waals surface area (Å²) in [4.78, 5) is 41.0. The molecule has 4 rings (SSSR count). The number of pyridine rings is 2. The van der Waals surface area contributed by atoms with Gasteiger partial charge in [-0.15, -0.1) is 0 Å². The number of fused-ring (bicyclic) bond motifs is 1. The number of hydrogen-bond acceptors (Lipinski definition) is 5. The summed E-state index contributed by atoms with van der Waals surface area (Å²) in [5.74, 6) is 0.0237. The largest absolute Gasteiger partial charge is 0.496 e. The molecule has 4 heterocycles. The number of aromatic nitrogens is 3. The lowest BCUT2D eigenvalue weighted by Crippen LogP contribution is -2.36. The standard InChI is InChI=1S/C26H31N5O4/c1-15-12-21(35-6)19(25(33)28-15)14-27-26(34)23-17(3)24(31-20(23)8-7-10-30(31)5)16(2)18-9-11-29(4)22(32)13-18/h7-9,11-13,16H,10,14H2,1-6H3,(H,27,34)(H,28,33). The Morgan fingerprint density at radius 1 is 1.23 bits per heavy atom. The highest BCUT2D eigenvalue weighted by Crippen LogP contribution is 2.34. The van der Waals surface area contributed by atoms with Gasteiger partial charge in [0.05, 0.1) is 42.7 Å². The van der Waals surface area contributed by atoms with Crippen LogP contribution in [-0.2, 0) is 13.6 Å². The number of ether oxygens (including phenoxy) is 1. The predicted molar refractivity (Wildman–Crippen MR) is 136 cm³/mol. The van der Waals surface area contributed by atoms with Crippen LogP contribution in [0.5, 0.6) is 5.75 Å². The molecule has 0 aliphatic carbocycles. The zero-order valence-corrected chi connectivity index (χ0v) is 20.9. The second-order valence-corrected chi connectivity index (χ2v) is 8.97. The van der Waals surface area contributed by atoms with Crippen LogP contribution in [0.3, 0.4) is 0 Å². The molecule has 9 nitrogen and oxygen atoms in total. The highest BCUT2D eigenvalue weighted by Gasteiger charge is 2.30. The van der Waals surface area contributed by atoms with Crippen LogP contribution in [0.1, 0.15) is 57.0 Å². The SMILES string of the molecule is COc1cc(C)[nH]c(=O)c1CNC(=O)c1c(C)c(C(C)c2ccn(C)c(=O)c2)n2c1C=CCN2C. The second-order valence-electron chi connectivity index (χ2n) is 8.97. The highest BCUT2D eigenvalue weighted by atomic mass is 16.5. The first-order chi connectivity index (χ1) is 16.6. The van der Waals surface area contributed by atoms with E-state index in [2.05, 4.69) is 10.3 Å². The van der Waals surface area contributed by atoms with E-state index in [1.54, 1.807) is 32.3 Å². The molecule has 1 aliphatic heterocycles. The van der Waals surface area contributed by atoms with Gasteiger partial charge < -0.3 is 24.6 Å². The van der Waals surface area contributed by atoms with Crippen molar-refractivity contribution in [2.24, 2.45) is 7.05 Å². The molecule has 3 aromatic heterocycles. The molecule has 3 aromatic rings. The van der Waals surface area contributed by atoms with Crippen molar-refractivity contribution >= 4 is 12.0 Å². The molecule has 0 aromatic carbocycles. The molecule has 1 atom stereocenters. The first kappa shape index (κ1) is 24.1. The predicted octanol–water partition coefficient (Wildman–Crippen LogP) is 2.18. The lowest BCUT2D eigenvalue weighted by Gasteiger charge is -2.29. The number of aryl methyl sites for hydroxylation is 2. The Labute approximate surface area is 203 Å². The number of amides is 1. The van der Waals surface area contributed by atoms with E-state index < -0.39 is 0 Å². The van der Waals surface area contributed by atoms with E-state index in [-0.39, 0.29) is 29.5 Å². The van der Waals surface area contributed by atoms with Crippen LogP contribution in [0, 0.1) is 13.8 Å². The van der Waals surface area contributed by atoms with Gasteiger partial charge >= 0.3 is 0 Å². The molecular formula is C26H31N5O4. The fourth-order valence-electron chi connectivity index (χ4n) is 4.71. The van der Waals surface area contributed by atoms with Crippen LogP contribution in [0.25, 0.3) is 6.08 Å². The monoisotopic (exact) mass is 477 g/mol. The van der Waals surface area contributed by atoms with E-state index in [0.29, 0.717) is 29.1 Å². The quantitative estimate of drug-likeness (QED) is 0.567. The van der Waals surface area contributed by atoms with Gasteiger partial charge in [0.25, 0.3) is 17.0 Å². The summed E-state index contributed by atoms with van der Waals surface area (Å²) in [7, 11) is 5.18. The summed E-state index contributed by atoms with van der Waals surface area (Å²) in [6.07, 6.45) is 5.71. The maximum atomic E-state index is 13.5. The average Bonchev–Trinajstić information content (AvgIpc) is 3.12. The van der Waals surface area contributed by atoms with Crippen LogP contribution in [0.2, 0.25) is 0 Å². The van der Waals surface area contributed by atoms with E-state index in [9.17, 15) is 14.4 Å². The number of hydrogen-bond donors (Lipinski definition) is 2. The summed E-state index contributed by atoms with van der Waals surface area (Å²) in [6, 6.07) is 5.30.